The fourth-order valence-electron chi connectivity index (χ4n) is 2.71. The first-order valence-electron chi connectivity index (χ1n) is 9.76. The first-order valence-corrected chi connectivity index (χ1v) is 9.76. The van der Waals surface area contributed by atoms with Gasteiger partial charge in [0.2, 0.25) is 0 Å². The lowest BCUT2D eigenvalue weighted by Crippen LogP contribution is -2.41. The number of carbonyl (C=O) groups is 3. The number of hydrazine groups is 1. The maximum absolute atomic E-state index is 12.3. The number of ether oxygens (including phenoxy) is 1. The molecule has 31 heavy (non-hydrogen) atoms. The minimum absolute atomic E-state index is 0.0389. The summed E-state index contributed by atoms with van der Waals surface area (Å²) >= 11 is 0. The van der Waals surface area contributed by atoms with Crippen molar-refractivity contribution < 1.29 is 19.1 Å². The quantitative estimate of drug-likeness (QED) is 0.532. The van der Waals surface area contributed by atoms with Crippen LogP contribution in [0.3, 0.4) is 0 Å². The van der Waals surface area contributed by atoms with E-state index in [9.17, 15) is 14.4 Å². The van der Waals surface area contributed by atoms with Gasteiger partial charge < -0.3 is 10.1 Å². The van der Waals surface area contributed by atoms with E-state index in [4.69, 9.17) is 4.74 Å². The molecule has 3 aromatic carbocycles. The van der Waals surface area contributed by atoms with Gasteiger partial charge in [-0.1, -0.05) is 18.2 Å². The molecule has 3 amide bonds. The molecule has 0 saturated heterocycles. The van der Waals surface area contributed by atoms with Gasteiger partial charge in [0, 0.05) is 22.4 Å². The van der Waals surface area contributed by atoms with Crippen molar-refractivity contribution in [1.29, 1.82) is 0 Å². The summed E-state index contributed by atoms with van der Waals surface area (Å²) in [5.74, 6) is -0.504. The van der Waals surface area contributed by atoms with Crippen LogP contribution in [0, 0.1) is 0 Å². The second kappa shape index (κ2) is 10.1. The average Bonchev–Trinajstić information content (AvgIpc) is 2.78. The Labute approximate surface area is 180 Å². The van der Waals surface area contributed by atoms with Gasteiger partial charge in [0.05, 0.1) is 6.10 Å². The lowest BCUT2D eigenvalue weighted by Gasteiger charge is -2.11. The zero-order valence-corrected chi connectivity index (χ0v) is 17.2. The van der Waals surface area contributed by atoms with Gasteiger partial charge in [-0.05, 0) is 74.5 Å². The second-order valence-corrected chi connectivity index (χ2v) is 7.00. The number of nitrogens with one attached hydrogen (secondary N) is 3. The summed E-state index contributed by atoms with van der Waals surface area (Å²) in [5, 5.41) is 2.76. The number of hydrogen-bond acceptors (Lipinski definition) is 4. The van der Waals surface area contributed by atoms with Crippen molar-refractivity contribution in [3.63, 3.8) is 0 Å². The van der Waals surface area contributed by atoms with E-state index in [1.165, 1.54) is 0 Å². The van der Waals surface area contributed by atoms with Crippen LogP contribution in [0.4, 0.5) is 5.69 Å². The van der Waals surface area contributed by atoms with Crippen LogP contribution in [0.25, 0.3) is 0 Å². The monoisotopic (exact) mass is 417 g/mol. The SMILES string of the molecule is CC(C)Oc1ccc(C(=O)NNC(=O)c2ccc(NC(=O)c3ccccc3)cc2)cc1. The minimum atomic E-state index is -0.478. The predicted octanol–water partition coefficient (Wildman–Crippen LogP) is 3.80. The third-order valence-electron chi connectivity index (χ3n) is 4.22. The molecule has 7 heteroatoms. The lowest BCUT2D eigenvalue weighted by atomic mass is 10.1. The van der Waals surface area contributed by atoms with Gasteiger partial charge in [0.15, 0.2) is 0 Å². The molecule has 0 fully saturated rings. The van der Waals surface area contributed by atoms with E-state index >= 15 is 0 Å². The molecule has 0 unspecified atom stereocenters. The Kier molecular flexibility index (Phi) is 7.01. The van der Waals surface area contributed by atoms with Crippen molar-refractivity contribution in [1.82, 2.24) is 10.9 Å². The number of benzene rings is 3. The maximum atomic E-state index is 12.3. The van der Waals surface area contributed by atoms with Crippen LogP contribution in [0.2, 0.25) is 0 Å². The molecule has 3 N–H and O–H groups in total. The first-order chi connectivity index (χ1) is 14.9. The molecule has 0 aliphatic rings. The molecule has 0 aliphatic heterocycles. The summed E-state index contributed by atoms with van der Waals surface area (Å²) in [6, 6.07) is 21.8. The van der Waals surface area contributed by atoms with E-state index in [-0.39, 0.29) is 12.0 Å². The second-order valence-electron chi connectivity index (χ2n) is 7.00. The lowest BCUT2D eigenvalue weighted by molar-refractivity contribution is 0.0846. The zero-order valence-electron chi connectivity index (χ0n) is 17.2. The van der Waals surface area contributed by atoms with Crippen LogP contribution in [0.1, 0.15) is 44.9 Å². The summed E-state index contributed by atoms with van der Waals surface area (Å²) in [5.41, 5.74) is 6.56. The molecule has 0 aromatic heterocycles. The highest BCUT2D eigenvalue weighted by Crippen LogP contribution is 2.14. The van der Waals surface area contributed by atoms with Crippen LogP contribution in [0.5, 0.6) is 5.75 Å². The molecule has 158 valence electrons. The summed E-state index contributed by atoms with van der Waals surface area (Å²) < 4.78 is 5.54. The molecule has 0 heterocycles. The van der Waals surface area contributed by atoms with Gasteiger partial charge in [-0.2, -0.15) is 0 Å². The van der Waals surface area contributed by atoms with Gasteiger partial charge >= 0.3 is 0 Å². The smallest absolute Gasteiger partial charge is 0.269 e. The molecular weight excluding hydrogens is 394 g/mol. The zero-order chi connectivity index (χ0) is 22.2. The van der Waals surface area contributed by atoms with Crippen LogP contribution >= 0.6 is 0 Å². The van der Waals surface area contributed by atoms with Crippen molar-refractivity contribution in [2.45, 2.75) is 20.0 Å². The molecule has 3 rings (SSSR count). The van der Waals surface area contributed by atoms with E-state index < -0.39 is 11.8 Å². The number of hydrogen-bond donors (Lipinski definition) is 3. The number of amides is 3. The maximum Gasteiger partial charge on any atom is 0.269 e. The fraction of sp³-hybridized carbons (Fsp3) is 0.125. The summed E-state index contributed by atoms with van der Waals surface area (Å²) in [4.78, 5) is 36.7. The summed E-state index contributed by atoms with van der Waals surface area (Å²) in [6.07, 6.45) is 0.0389. The van der Waals surface area contributed by atoms with Crippen molar-refractivity contribution in [3.8, 4) is 5.75 Å². The largest absolute Gasteiger partial charge is 0.491 e. The van der Waals surface area contributed by atoms with E-state index in [0.717, 1.165) is 0 Å². The minimum Gasteiger partial charge on any atom is -0.491 e. The van der Waals surface area contributed by atoms with Gasteiger partial charge in [0.25, 0.3) is 17.7 Å². The fourth-order valence-corrected chi connectivity index (χ4v) is 2.71. The highest BCUT2D eigenvalue weighted by atomic mass is 16.5. The molecule has 3 aromatic rings. The molecule has 0 aliphatic carbocycles. The van der Waals surface area contributed by atoms with Crippen LogP contribution < -0.4 is 20.9 Å². The Balaban J connectivity index is 1.52. The highest BCUT2D eigenvalue weighted by Gasteiger charge is 2.11. The van der Waals surface area contributed by atoms with E-state index in [2.05, 4.69) is 16.2 Å². The van der Waals surface area contributed by atoms with E-state index in [0.29, 0.717) is 28.1 Å². The van der Waals surface area contributed by atoms with Crippen molar-refractivity contribution in [2.75, 3.05) is 5.32 Å². The van der Waals surface area contributed by atoms with Crippen molar-refractivity contribution >= 4 is 23.4 Å². The standard InChI is InChI=1S/C24H23N3O4/c1-16(2)31-21-14-10-19(11-15-21)24(30)27-26-23(29)18-8-12-20(13-9-18)25-22(28)17-6-4-3-5-7-17/h3-16H,1-2H3,(H,25,28)(H,26,29)(H,27,30). The summed E-state index contributed by atoms with van der Waals surface area (Å²) in [7, 11) is 0. The normalized spacial score (nSPS) is 10.3. The first kappa shape index (κ1) is 21.6. The predicted molar refractivity (Wildman–Crippen MR) is 118 cm³/mol. The third kappa shape index (κ3) is 6.17. The molecule has 0 bridgehead atoms. The molecule has 0 saturated carbocycles. The number of anilines is 1. The third-order valence-corrected chi connectivity index (χ3v) is 4.22. The van der Waals surface area contributed by atoms with E-state index in [1.807, 2.05) is 19.9 Å². The Morgan fingerprint density at radius 1 is 0.645 bits per heavy atom. The van der Waals surface area contributed by atoms with Crippen LogP contribution in [-0.4, -0.2) is 23.8 Å². The van der Waals surface area contributed by atoms with Gasteiger partial charge in [0.1, 0.15) is 5.75 Å². The highest BCUT2D eigenvalue weighted by molar-refractivity contribution is 6.04. The summed E-state index contributed by atoms with van der Waals surface area (Å²) in [6.45, 7) is 3.83. The molecule has 0 atom stereocenters. The topological polar surface area (TPSA) is 96.5 Å². The average molecular weight is 417 g/mol. The van der Waals surface area contributed by atoms with Crippen LogP contribution in [-0.2, 0) is 0 Å². The molecule has 0 spiro atoms. The molecular formula is C24H23N3O4. The van der Waals surface area contributed by atoms with Gasteiger partial charge in [-0.15, -0.1) is 0 Å². The van der Waals surface area contributed by atoms with Crippen LogP contribution in [0.15, 0.2) is 78.9 Å². The van der Waals surface area contributed by atoms with E-state index in [1.54, 1.807) is 72.8 Å². The Morgan fingerprint density at radius 2 is 1.13 bits per heavy atom. The number of carbonyl (C=O) groups excluding carboxylic acids is 3. The van der Waals surface area contributed by atoms with Gasteiger partial charge in [-0.3, -0.25) is 25.2 Å². The Hall–Kier alpha value is -4.13. The van der Waals surface area contributed by atoms with Crippen molar-refractivity contribution in [2.24, 2.45) is 0 Å². The number of rotatable bonds is 6. The Bertz CT molecular complexity index is 1050. The Morgan fingerprint density at radius 3 is 1.65 bits per heavy atom. The molecule has 0 radical (unpaired) electrons. The van der Waals surface area contributed by atoms with Crippen molar-refractivity contribution in [3.05, 3.63) is 95.6 Å². The molecule has 7 nitrogen and oxygen atoms in total. The van der Waals surface area contributed by atoms with Gasteiger partial charge in [-0.25, -0.2) is 0 Å².